The van der Waals surface area contributed by atoms with Crippen LogP contribution in [0.25, 0.3) is 0 Å². The molecule has 2 aliphatic heterocycles. The van der Waals surface area contributed by atoms with Gasteiger partial charge in [-0.05, 0) is 60.4 Å². The number of hydrogen-bond donors (Lipinski definition) is 2. The molecule has 0 saturated carbocycles. The Morgan fingerprint density at radius 1 is 1.00 bits per heavy atom. The van der Waals surface area contributed by atoms with Gasteiger partial charge in [0.2, 0.25) is 5.95 Å². The molecule has 10 nitrogen and oxygen atoms in total. The first kappa shape index (κ1) is 26.3. The number of halogens is 1. The fourth-order valence-electron chi connectivity index (χ4n) is 5.02. The van der Waals surface area contributed by atoms with E-state index in [0.29, 0.717) is 60.7 Å². The molecule has 6 rings (SSSR count). The summed E-state index contributed by atoms with van der Waals surface area (Å²) in [4.78, 5) is 30.2. The highest BCUT2D eigenvalue weighted by molar-refractivity contribution is 6.32. The van der Waals surface area contributed by atoms with Gasteiger partial charge in [-0.3, -0.25) is 9.78 Å². The maximum atomic E-state index is 13.1. The van der Waals surface area contributed by atoms with Gasteiger partial charge in [0, 0.05) is 38.1 Å². The molecule has 2 aromatic carbocycles. The maximum absolute atomic E-state index is 13.1. The molecular weight excluding hydrogens is 540 g/mol. The molecule has 206 valence electrons. The molecule has 0 unspecified atom stereocenters. The highest BCUT2D eigenvalue weighted by atomic mass is 35.5. The van der Waals surface area contributed by atoms with Crippen molar-refractivity contribution in [2.24, 2.45) is 0 Å². The molecule has 1 saturated heterocycles. The Kier molecular flexibility index (Phi) is 7.52. The van der Waals surface area contributed by atoms with Crippen LogP contribution >= 0.6 is 11.6 Å². The number of piperazine rings is 1. The number of para-hydroxylation sites is 1. The van der Waals surface area contributed by atoms with Gasteiger partial charge in [0.25, 0.3) is 5.91 Å². The third-order valence-electron chi connectivity index (χ3n) is 7.15. The van der Waals surface area contributed by atoms with E-state index in [9.17, 15) is 10.1 Å². The zero-order valence-electron chi connectivity index (χ0n) is 22.2. The van der Waals surface area contributed by atoms with Crippen LogP contribution in [0.2, 0.25) is 5.02 Å². The minimum Gasteiger partial charge on any atom is -0.483 e. The summed E-state index contributed by atoms with van der Waals surface area (Å²) in [7, 11) is 0. The van der Waals surface area contributed by atoms with Crippen molar-refractivity contribution in [1.29, 1.82) is 5.26 Å². The quantitative estimate of drug-likeness (QED) is 0.362. The van der Waals surface area contributed by atoms with Crippen molar-refractivity contribution in [3.05, 3.63) is 88.8 Å². The summed E-state index contributed by atoms with van der Waals surface area (Å²) in [5, 5.41) is 16.3. The fourth-order valence-corrected chi connectivity index (χ4v) is 5.16. The second-order valence-corrected chi connectivity index (χ2v) is 10.2. The smallest absolute Gasteiger partial charge is 0.260 e. The van der Waals surface area contributed by atoms with Crippen LogP contribution in [0, 0.1) is 11.3 Å². The van der Waals surface area contributed by atoms with Gasteiger partial charge < -0.3 is 25.2 Å². The van der Waals surface area contributed by atoms with E-state index in [2.05, 4.69) is 36.6 Å². The lowest BCUT2D eigenvalue weighted by Crippen LogP contribution is -2.50. The largest absolute Gasteiger partial charge is 0.483 e. The van der Waals surface area contributed by atoms with Gasteiger partial charge in [-0.2, -0.15) is 10.2 Å². The van der Waals surface area contributed by atoms with E-state index in [0.717, 1.165) is 34.6 Å². The van der Waals surface area contributed by atoms with Gasteiger partial charge in [-0.1, -0.05) is 23.7 Å². The molecule has 6 bridgehead atoms. The molecule has 0 aliphatic carbocycles. The molecular formula is C30H27ClN8O2. The summed E-state index contributed by atoms with van der Waals surface area (Å²) in [5.41, 5.74) is 5.11. The standard InChI is InChI=1S/C30H27ClN8O2/c31-25-18-34-30-36-24-13-20(16-33-17-24)5-6-21-14-23(35-29(25)37-30)7-8-27(21)41-19-28(40)39-11-9-38(10-12-39)26-4-2-1-3-22(26)15-32/h1-4,7-8,13-14,16-18H,5-6,9-12,19H2,(H2,34,35,36,37). The molecule has 1 fully saturated rings. The molecule has 2 aliphatic rings. The molecule has 4 heterocycles. The Hall–Kier alpha value is -4.88. The van der Waals surface area contributed by atoms with Gasteiger partial charge in [0.05, 0.1) is 29.3 Å². The predicted octanol–water partition coefficient (Wildman–Crippen LogP) is 4.71. The van der Waals surface area contributed by atoms with Gasteiger partial charge in [-0.15, -0.1) is 0 Å². The number of pyridine rings is 1. The van der Waals surface area contributed by atoms with Gasteiger partial charge >= 0.3 is 0 Å². The number of amides is 1. The number of aromatic nitrogens is 3. The summed E-state index contributed by atoms with van der Waals surface area (Å²) in [5.74, 6) is 1.46. The molecule has 2 N–H and O–H groups in total. The minimum absolute atomic E-state index is 0.0589. The van der Waals surface area contributed by atoms with E-state index in [-0.39, 0.29) is 12.5 Å². The number of nitriles is 1. The number of aryl methyl sites for hydroxylation is 2. The van der Waals surface area contributed by atoms with Crippen molar-refractivity contribution in [3.63, 3.8) is 0 Å². The number of rotatable bonds is 4. The normalized spacial score (nSPS) is 14.3. The van der Waals surface area contributed by atoms with Crippen molar-refractivity contribution in [1.82, 2.24) is 19.9 Å². The summed E-state index contributed by atoms with van der Waals surface area (Å²) >= 11 is 6.37. The number of anilines is 5. The monoisotopic (exact) mass is 566 g/mol. The first-order valence-corrected chi connectivity index (χ1v) is 13.7. The minimum atomic E-state index is -0.0690. The number of ether oxygens (including phenoxy) is 1. The van der Waals surface area contributed by atoms with E-state index >= 15 is 0 Å². The van der Waals surface area contributed by atoms with Crippen molar-refractivity contribution in [2.45, 2.75) is 12.8 Å². The van der Waals surface area contributed by atoms with Crippen LogP contribution in [0.4, 0.5) is 28.8 Å². The molecule has 2 aromatic heterocycles. The van der Waals surface area contributed by atoms with Crippen LogP contribution in [0.1, 0.15) is 16.7 Å². The summed E-state index contributed by atoms with van der Waals surface area (Å²) in [6.07, 6.45) is 6.50. The zero-order valence-corrected chi connectivity index (χ0v) is 22.9. The number of carbonyl (C=O) groups is 1. The average Bonchev–Trinajstić information content (AvgIpc) is 3.01. The zero-order chi connectivity index (χ0) is 28.2. The first-order chi connectivity index (χ1) is 20.1. The van der Waals surface area contributed by atoms with E-state index in [1.54, 1.807) is 12.4 Å². The highest BCUT2D eigenvalue weighted by Crippen LogP contribution is 2.30. The topological polar surface area (TPSA) is 119 Å². The van der Waals surface area contributed by atoms with Crippen LogP contribution < -0.4 is 20.3 Å². The predicted molar refractivity (Wildman–Crippen MR) is 157 cm³/mol. The summed E-state index contributed by atoms with van der Waals surface area (Å²) in [6.45, 7) is 2.39. The van der Waals surface area contributed by atoms with E-state index < -0.39 is 0 Å². The first-order valence-electron chi connectivity index (χ1n) is 13.3. The Balaban J connectivity index is 1.16. The molecule has 0 radical (unpaired) electrons. The number of hydrogen-bond acceptors (Lipinski definition) is 9. The molecule has 11 heteroatoms. The van der Waals surface area contributed by atoms with Gasteiger partial charge in [-0.25, -0.2) is 4.98 Å². The maximum Gasteiger partial charge on any atom is 0.260 e. The second-order valence-electron chi connectivity index (χ2n) is 9.83. The summed E-state index contributed by atoms with van der Waals surface area (Å²) < 4.78 is 6.10. The average molecular weight is 567 g/mol. The Labute approximate surface area is 242 Å². The third-order valence-corrected chi connectivity index (χ3v) is 7.43. The van der Waals surface area contributed by atoms with E-state index in [1.807, 2.05) is 59.6 Å². The van der Waals surface area contributed by atoms with E-state index in [1.165, 1.54) is 0 Å². The molecule has 0 atom stereocenters. The van der Waals surface area contributed by atoms with Crippen molar-refractivity contribution < 1.29 is 9.53 Å². The van der Waals surface area contributed by atoms with E-state index in [4.69, 9.17) is 16.3 Å². The number of nitrogens with one attached hydrogen (secondary N) is 2. The lowest BCUT2D eigenvalue weighted by atomic mass is 10.0. The van der Waals surface area contributed by atoms with Crippen molar-refractivity contribution in [2.75, 3.05) is 48.3 Å². The van der Waals surface area contributed by atoms with Crippen molar-refractivity contribution >= 4 is 46.3 Å². The van der Waals surface area contributed by atoms with Crippen LogP contribution in [0.3, 0.4) is 0 Å². The second kappa shape index (κ2) is 11.7. The number of benzene rings is 2. The van der Waals surface area contributed by atoms with Crippen LogP contribution in [-0.2, 0) is 17.6 Å². The SMILES string of the molecule is N#Cc1ccccc1N1CCN(C(=O)COc2ccc3cc2CCc2cncc(c2)Nc2ncc(Cl)c(n2)N3)CC1. The molecule has 0 spiro atoms. The lowest BCUT2D eigenvalue weighted by Gasteiger charge is -2.36. The summed E-state index contributed by atoms with van der Waals surface area (Å²) in [6, 6.07) is 17.5. The Morgan fingerprint density at radius 3 is 2.71 bits per heavy atom. The third kappa shape index (κ3) is 6.00. The van der Waals surface area contributed by atoms with Crippen LogP contribution in [0.5, 0.6) is 5.75 Å². The van der Waals surface area contributed by atoms with Gasteiger partial charge in [0.15, 0.2) is 12.4 Å². The Bertz CT molecular complexity index is 1630. The fraction of sp³-hybridized carbons (Fsp3) is 0.233. The van der Waals surface area contributed by atoms with Crippen LogP contribution in [0.15, 0.2) is 67.1 Å². The highest BCUT2D eigenvalue weighted by Gasteiger charge is 2.23. The number of carbonyl (C=O) groups excluding carboxylic acids is 1. The lowest BCUT2D eigenvalue weighted by molar-refractivity contribution is -0.133. The molecule has 4 aromatic rings. The van der Waals surface area contributed by atoms with Crippen molar-refractivity contribution in [3.8, 4) is 11.8 Å². The van der Waals surface area contributed by atoms with Crippen LogP contribution in [-0.4, -0.2) is 58.5 Å². The van der Waals surface area contributed by atoms with Gasteiger partial charge in [0.1, 0.15) is 16.8 Å². The molecule has 1 amide bonds. The number of nitrogens with zero attached hydrogens (tertiary/aromatic N) is 6. The Morgan fingerprint density at radius 2 is 1.85 bits per heavy atom. The number of fused-ring (bicyclic) bond motifs is 6. The molecule has 41 heavy (non-hydrogen) atoms.